The van der Waals surface area contributed by atoms with Crippen LogP contribution in [0.1, 0.15) is 22.5 Å². The number of halogens is 1. The average Bonchev–Trinajstić information content (AvgIpc) is 2.89. The van der Waals surface area contributed by atoms with Gasteiger partial charge in [-0.1, -0.05) is 17.9 Å². The van der Waals surface area contributed by atoms with Gasteiger partial charge in [-0.3, -0.25) is 9.59 Å². The zero-order valence-electron chi connectivity index (χ0n) is 13.9. The summed E-state index contributed by atoms with van der Waals surface area (Å²) >= 11 is 0. The SMILES string of the molecule is CN1CC[C@@](O)(C#Cc2cccc(-c3nccc(C(N)=O)n3)c2F)C1=O. The number of nitrogens with zero attached hydrogens (tertiary/aromatic N) is 3. The molecule has 1 aliphatic heterocycles. The summed E-state index contributed by atoms with van der Waals surface area (Å²) in [5.41, 5.74) is 3.32. The lowest BCUT2D eigenvalue weighted by atomic mass is 10.0. The first-order valence-electron chi connectivity index (χ1n) is 7.75. The minimum Gasteiger partial charge on any atom is -0.369 e. The summed E-state index contributed by atoms with van der Waals surface area (Å²) in [4.78, 5) is 32.4. The fourth-order valence-corrected chi connectivity index (χ4v) is 2.57. The third kappa shape index (κ3) is 3.12. The van der Waals surface area contributed by atoms with Crippen LogP contribution in [-0.4, -0.2) is 51.0 Å². The Balaban J connectivity index is 1.99. The zero-order valence-corrected chi connectivity index (χ0v) is 13.9. The van der Waals surface area contributed by atoms with Crippen LogP contribution in [0.3, 0.4) is 0 Å². The topological polar surface area (TPSA) is 109 Å². The van der Waals surface area contributed by atoms with Gasteiger partial charge in [-0.15, -0.1) is 0 Å². The van der Waals surface area contributed by atoms with Gasteiger partial charge in [0, 0.05) is 26.2 Å². The molecular weight excluding hydrogens is 339 g/mol. The van der Waals surface area contributed by atoms with E-state index in [0.717, 1.165) is 0 Å². The quantitative estimate of drug-likeness (QED) is 0.755. The van der Waals surface area contributed by atoms with Crippen LogP contribution in [0.4, 0.5) is 4.39 Å². The van der Waals surface area contributed by atoms with Crippen molar-refractivity contribution in [1.82, 2.24) is 14.9 Å². The van der Waals surface area contributed by atoms with E-state index in [9.17, 15) is 19.1 Å². The number of hydrogen-bond donors (Lipinski definition) is 2. The predicted molar refractivity (Wildman–Crippen MR) is 90.0 cm³/mol. The summed E-state index contributed by atoms with van der Waals surface area (Å²) in [7, 11) is 1.56. The molecule has 26 heavy (non-hydrogen) atoms. The van der Waals surface area contributed by atoms with Gasteiger partial charge in [-0.2, -0.15) is 0 Å². The van der Waals surface area contributed by atoms with Crippen LogP contribution < -0.4 is 5.73 Å². The molecule has 3 N–H and O–H groups in total. The summed E-state index contributed by atoms with van der Waals surface area (Å²) in [5.74, 6) is 2.98. The molecular formula is C18H15FN4O3. The number of hydrogen-bond acceptors (Lipinski definition) is 5. The molecule has 1 fully saturated rings. The molecule has 1 aromatic heterocycles. The van der Waals surface area contributed by atoms with Crippen molar-refractivity contribution in [2.75, 3.05) is 13.6 Å². The van der Waals surface area contributed by atoms with E-state index in [0.29, 0.717) is 6.54 Å². The number of nitrogens with two attached hydrogens (primary N) is 1. The fraction of sp³-hybridized carbons (Fsp3) is 0.222. The lowest BCUT2D eigenvalue weighted by molar-refractivity contribution is -0.137. The highest BCUT2D eigenvalue weighted by Crippen LogP contribution is 2.23. The molecule has 2 aromatic rings. The number of likely N-dealkylation sites (tertiary alicyclic amines) is 1. The summed E-state index contributed by atoms with van der Waals surface area (Å²) in [5, 5.41) is 10.3. The van der Waals surface area contributed by atoms with Gasteiger partial charge >= 0.3 is 0 Å². The Hall–Kier alpha value is -3.31. The van der Waals surface area contributed by atoms with Gasteiger partial charge in [0.15, 0.2) is 5.82 Å². The highest BCUT2D eigenvalue weighted by Gasteiger charge is 2.42. The molecule has 1 atom stereocenters. The molecule has 2 amide bonds. The summed E-state index contributed by atoms with van der Waals surface area (Å²) < 4.78 is 14.8. The van der Waals surface area contributed by atoms with Crippen molar-refractivity contribution < 1.29 is 19.1 Å². The average molecular weight is 354 g/mol. The van der Waals surface area contributed by atoms with Crippen LogP contribution in [0.25, 0.3) is 11.4 Å². The number of aromatic nitrogens is 2. The highest BCUT2D eigenvalue weighted by molar-refractivity contribution is 5.91. The number of primary amides is 1. The lowest BCUT2D eigenvalue weighted by Gasteiger charge is -2.13. The Morgan fingerprint density at radius 2 is 2.19 bits per heavy atom. The van der Waals surface area contributed by atoms with E-state index < -0.39 is 23.2 Å². The molecule has 1 aromatic carbocycles. The first kappa shape index (κ1) is 17.5. The van der Waals surface area contributed by atoms with Gasteiger partial charge in [0.25, 0.3) is 11.8 Å². The molecule has 8 heteroatoms. The van der Waals surface area contributed by atoms with Gasteiger partial charge in [-0.05, 0) is 18.2 Å². The van der Waals surface area contributed by atoms with Crippen molar-refractivity contribution >= 4 is 11.8 Å². The number of carbonyl (C=O) groups is 2. The van der Waals surface area contributed by atoms with Crippen LogP contribution in [0.2, 0.25) is 0 Å². The number of aliphatic hydroxyl groups is 1. The van der Waals surface area contributed by atoms with E-state index in [1.165, 1.54) is 35.4 Å². The molecule has 0 aliphatic carbocycles. The van der Waals surface area contributed by atoms with Crippen LogP contribution in [0, 0.1) is 17.7 Å². The fourth-order valence-electron chi connectivity index (χ4n) is 2.57. The molecule has 2 heterocycles. The minimum atomic E-state index is -1.82. The summed E-state index contributed by atoms with van der Waals surface area (Å²) in [6.07, 6.45) is 1.45. The van der Waals surface area contributed by atoms with Crippen molar-refractivity contribution in [2.24, 2.45) is 5.73 Å². The Bertz CT molecular complexity index is 966. The van der Waals surface area contributed by atoms with Gasteiger partial charge in [0.05, 0.1) is 11.1 Å². The zero-order chi connectivity index (χ0) is 18.9. The smallest absolute Gasteiger partial charge is 0.267 e. The Morgan fingerprint density at radius 3 is 2.85 bits per heavy atom. The van der Waals surface area contributed by atoms with Gasteiger partial charge < -0.3 is 15.7 Å². The third-order valence-electron chi connectivity index (χ3n) is 4.06. The number of benzene rings is 1. The van der Waals surface area contributed by atoms with Crippen LogP contribution in [-0.2, 0) is 4.79 Å². The van der Waals surface area contributed by atoms with E-state index in [2.05, 4.69) is 21.8 Å². The van der Waals surface area contributed by atoms with Gasteiger partial charge in [0.1, 0.15) is 11.5 Å². The molecule has 1 saturated heterocycles. The molecule has 0 unspecified atom stereocenters. The van der Waals surface area contributed by atoms with Crippen molar-refractivity contribution in [3.05, 3.63) is 47.5 Å². The van der Waals surface area contributed by atoms with Gasteiger partial charge in [-0.25, -0.2) is 14.4 Å². The molecule has 0 radical (unpaired) electrons. The maximum atomic E-state index is 14.8. The lowest BCUT2D eigenvalue weighted by Crippen LogP contribution is -2.37. The summed E-state index contributed by atoms with van der Waals surface area (Å²) in [6, 6.07) is 5.71. The first-order chi connectivity index (χ1) is 12.3. The van der Waals surface area contributed by atoms with Crippen LogP contribution in [0.15, 0.2) is 30.5 Å². The number of likely N-dealkylation sites (N-methyl/N-ethyl adjacent to an activating group) is 1. The molecule has 0 spiro atoms. The van der Waals surface area contributed by atoms with Gasteiger partial charge in [0.2, 0.25) is 5.60 Å². The molecule has 1 aliphatic rings. The molecule has 7 nitrogen and oxygen atoms in total. The number of amides is 2. The maximum absolute atomic E-state index is 14.8. The largest absolute Gasteiger partial charge is 0.369 e. The molecule has 3 rings (SSSR count). The molecule has 0 bridgehead atoms. The monoisotopic (exact) mass is 354 g/mol. The van der Waals surface area contributed by atoms with E-state index in [1.807, 2.05) is 0 Å². The summed E-state index contributed by atoms with van der Waals surface area (Å²) in [6.45, 7) is 0.375. The van der Waals surface area contributed by atoms with E-state index in [1.54, 1.807) is 7.05 Å². The van der Waals surface area contributed by atoms with E-state index in [-0.39, 0.29) is 29.1 Å². The minimum absolute atomic E-state index is 0.0159. The third-order valence-corrected chi connectivity index (χ3v) is 4.06. The predicted octanol–water partition coefficient (Wildman–Crippen LogP) is 0.326. The Labute approximate surface area is 148 Å². The van der Waals surface area contributed by atoms with Crippen molar-refractivity contribution in [2.45, 2.75) is 12.0 Å². The second-order valence-electron chi connectivity index (χ2n) is 5.88. The highest BCUT2D eigenvalue weighted by atomic mass is 19.1. The Kier molecular flexibility index (Phi) is 4.40. The molecule has 0 saturated carbocycles. The van der Waals surface area contributed by atoms with E-state index in [4.69, 9.17) is 5.73 Å². The van der Waals surface area contributed by atoms with Crippen LogP contribution >= 0.6 is 0 Å². The first-order valence-corrected chi connectivity index (χ1v) is 7.75. The maximum Gasteiger partial charge on any atom is 0.267 e. The second-order valence-corrected chi connectivity index (χ2v) is 5.88. The number of rotatable bonds is 2. The molecule has 132 valence electrons. The number of carbonyl (C=O) groups excluding carboxylic acids is 2. The van der Waals surface area contributed by atoms with Crippen LogP contribution in [0.5, 0.6) is 0 Å². The Morgan fingerprint density at radius 1 is 1.42 bits per heavy atom. The standard InChI is InChI=1S/C18H15FN4O3/c1-23-10-8-18(26,17(23)25)7-5-11-3-2-4-12(14(11)19)16-21-9-6-13(22-16)15(20)24/h2-4,6,9,26H,8,10H2,1H3,(H2,20,24)/t18-/m0/s1. The second kappa shape index (κ2) is 6.54. The van der Waals surface area contributed by atoms with Crippen molar-refractivity contribution in [1.29, 1.82) is 0 Å². The van der Waals surface area contributed by atoms with Crippen molar-refractivity contribution in [3.8, 4) is 23.2 Å². The van der Waals surface area contributed by atoms with E-state index >= 15 is 0 Å². The normalized spacial score (nSPS) is 19.2. The van der Waals surface area contributed by atoms with Crippen molar-refractivity contribution in [3.63, 3.8) is 0 Å².